The molecule has 0 bridgehead atoms. The zero-order valence-corrected chi connectivity index (χ0v) is 14.9. The maximum atomic E-state index is 12.3. The largest absolute Gasteiger partial charge is 0.340 e. The number of carbonyl (C=O) groups is 3. The highest BCUT2D eigenvalue weighted by Gasteiger charge is 2.42. The Bertz CT molecular complexity index is 628. The lowest BCUT2D eigenvalue weighted by molar-refractivity contribution is -0.135. The molecule has 1 aromatic rings. The van der Waals surface area contributed by atoms with Gasteiger partial charge in [0.05, 0.1) is 23.7 Å². The first kappa shape index (κ1) is 17.4. The van der Waals surface area contributed by atoms with Gasteiger partial charge in [-0.25, -0.2) is 9.78 Å². The summed E-state index contributed by atoms with van der Waals surface area (Å²) in [6.07, 6.45) is -0.0108. The topological polar surface area (TPSA) is 73.8 Å². The van der Waals surface area contributed by atoms with Crippen LogP contribution in [0.25, 0.3) is 0 Å². The Kier molecular flexibility index (Phi) is 5.03. The molecule has 1 aromatic heterocycles. The van der Waals surface area contributed by atoms with Gasteiger partial charge >= 0.3 is 6.03 Å². The summed E-state index contributed by atoms with van der Waals surface area (Å²) in [5.74, 6) is -0.159. The van der Waals surface area contributed by atoms with E-state index < -0.39 is 6.04 Å². The Morgan fingerprint density at radius 1 is 1.39 bits per heavy atom. The van der Waals surface area contributed by atoms with Crippen molar-refractivity contribution < 1.29 is 14.4 Å². The van der Waals surface area contributed by atoms with Gasteiger partial charge in [0.15, 0.2) is 0 Å². The summed E-state index contributed by atoms with van der Waals surface area (Å²) in [6, 6.07) is -1.10. The second-order valence-electron chi connectivity index (χ2n) is 6.09. The molecule has 2 rings (SSSR count). The number of carbonyl (C=O) groups excluding carboxylic acids is 3. The molecule has 0 radical (unpaired) electrons. The molecule has 0 spiro atoms. The van der Waals surface area contributed by atoms with Gasteiger partial charge in [0.2, 0.25) is 5.91 Å². The normalized spacial score (nSPS) is 18.3. The van der Waals surface area contributed by atoms with E-state index >= 15 is 0 Å². The van der Waals surface area contributed by atoms with Crippen molar-refractivity contribution in [1.29, 1.82) is 0 Å². The number of amides is 4. The van der Waals surface area contributed by atoms with Crippen molar-refractivity contribution in [3.05, 3.63) is 16.1 Å². The number of rotatable bonds is 5. The molecular weight excluding hydrogens is 316 g/mol. The van der Waals surface area contributed by atoms with E-state index in [4.69, 9.17) is 0 Å². The van der Waals surface area contributed by atoms with Crippen LogP contribution < -0.4 is 0 Å². The Labute approximate surface area is 139 Å². The lowest BCUT2D eigenvalue weighted by Gasteiger charge is -2.20. The molecule has 1 saturated heterocycles. The van der Waals surface area contributed by atoms with Crippen molar-refractivity contribution in [2.75, 3.05) is 21.1 Å². The number of imide groups is 1. The molecule has 126 valence electrons. The summed E-state index contributed by atoms with van der Waals surface area (Å²) in [5.41, 5.74) is 0.842. The fourth-order valence-corrected chi connectivity index (χ4v) is 3.22. The van der Waals surface area contributed by atoms with E-state index in [-0.39, 0.29) is 24.3 Å². The van der Waals surface area contributed by atoms with Gasteiger partial charge in [0, 0.05) is 32.4 Å². The summed E-state index contributed by atoms with van der Waals surface area (Å²) in [7, 11) is 4.65. The number of hydrogen-bond acceptors (Lipinski definition) is 5. The van der Waals surface area contributed by atoms with Crippen LogP contribution in [0.1, 0.15) is 36.9 Å². The second kappa shape index (κ2) is 6.66. The summed E-state index contributed by atoms with van der Waals surface area (Å²) >= 11 is 1.58. The number of urea groups is 1. The second-order valence-corrected chi connectivity index (χ2v) is 6.98. The van der Waals surface area contributed by atoms with Crippen molar-refractivity contribution >= 4 is 29.2 Å². The highest BCUT2D eigenvalue weighted by atomic mass is 32.1. The van der Waals surface area contributed by atoms with E-state index in [1.165, 1.54) is 19.0 Å². The zero-order valence-electron chi connectivity index (χ0n) is 14.1. The van der Waals surface area contributed by atoms with Crippen LogP contribution in [0.15, 0.2) is 5.38 Å². The van der Waals surface area contributed by atoms with Gasteiger partial charge in [-0.05, 0) is 0 Å². The van der Waals surface area contributed by atoms with Crippen molar-refractivity contribution in [2.45, 2.75) is 38.8 Å². The van der Waals surface area contributed by atoms with Gasteiger partial charge < -0.3 is 9.80 Å². The van der Waals surface area contributed by atoms with Crippen molar-refractivity contribution in [2.24, 2.45) is 0 Å². The number of likely N-dealkylation sites (N-methyl/N-ethyl adjacent to an activating group) is 2. The lowest BCUT2D eigenvalue weighted by atomic mass is 10.1. The Morgan fingerprint density at radius 2 is 2.04 bits per heavy atom. The SMILES string of the molecule is CC(C)c1nc(CN(C)C(=O)C[C@@H]2C(=O)N(C)C(=O)N2C)cs1. The number of thiazole rings is 1. The molecule has 1 fully saturated rings. The Balaban J connectivity index is 1.97. The number of aromatic nitrogens is 1. The molecule has 2 heterocycles. The van der Waals surface area contributed by atoms with Gasteiger partial charge in [-0.3, -0.25) is 14.5 Å². The van der Waals surface area contributed by atoms with E-state index in [9.17, 15) is 14.4 Å². The first-order valence-electron chi connectivity index (χ1n) is 7.45. The minimum absolute atomic E-state index is 0.0108. The van der Waals surface area contributed by atoms with Crippen LogP contribution in [0.3, 0.4) is 0 Å². The smallest absolute Gasteiger partial charge is 0.326 e. The van der Waals surface area contributed by atoms with E-state index in [2.05, 4.69) is 18.8 Å². The molecule has 0 aromatic carbocycles. The van der Waals surface area contributed by atoms with Gasteiger partial charge in [0.1, 0.15) is 6.04 Å². The molecule has 0 saturated carbocycles. The van der Waals surface area contributed by atoms with Crippen molar-refractivity contribution in [3.8, 4) is 0 Å². The number of nitrogens with zero attached hydrogens (tertiary/aromatic N) is 4. The third kappa shape index (κ3) is 3.52. The molecule has 0 unspecified atom stereocenters. The first-order chi connectivity index (χ1) is 10.7. The monoisotopic (exact) mass is 338 g/mol. The van der Waals surface area contributed by atoms with Gasteiger partial charge in [-0.15, -0.1) is 11.3 Å². The molecular formula is C15H22N4O3S. The third-order valence-corrected chi connectivity index (χ3v) is 5.12. The quantitative estimate of drug-likeness (QED) is 0.763. The average Bonchev–Trinajstić information content (AvgIpc) is 3.03. The zero-order chi connectivity index (χ0) is 17.3. The number of hydrogen-bond donors (Lipinski definition) is 0. The van der Waals surface area contributed by atoms with Gasteiger partial charge in [-0.1, -0.05) is 13.8 Å². The van der Waals surface area contributed by atoms with Gasteiger partial charge in [-0.2, -0.15) is 0 Å². The summed E-state index contributed by atoms with van der Waals surface area (Å²) in [5, 5.41) is 2.99. The standard InChI is InChI=1S/C15H22N4O3S/c1-9(2)13-16-10(8-23-13)7-17(3)12(20)6-11-14(21)19(5)15(22)18(11)4/h8-9,11H,6-7H2,1-5H3/t11-/m1/s1. The van der Waals surface area contributed by atoms with Crippen LogP contribution >= 0.6 is 11.3 Å². The summed E-state index contributed by atoms with van der Waals surface area (Å²) in [4.78, 5) is 44.5. The summed E-state index contributed by atoms with van der Waals surface area (Å²) < 4.78 is 0. The van der Waals surface area contributed by atoms with E-state index in [1.54, 1.807) is 23.3 Å². The third-order valence-electron chi connectivity index (χ3n) is 3.93. The molecule has 23 heavy (non-hydrogen) atoms. The van der Waals surface area contributed by atoms with Crippen LogP contribution in [0.2, 0.25) is 0 Å². The molecule has 7 nitrogen and oxygen atoms in total. The highest BCUT2D eigenvalue weighted by molar-refractivity contribution is 7.09. The molecule has 4 amide bonds. The highest BCUT2D eigenvalue weighted by Crippen LogP contribution is 2.21. The van der Waals surface area contributed by atoms with E-state index in [1.807, 2.05) is 5.38 Å². The molecule has 1 aliphatic rings. The predicted molar refractivity (Wildman–Crippen MR) is 87.0 cm³/mol. The van der Waals surface area contributed by atoms with Crippen LogP contribution in [0.5, 0.6) is 0 Å². The van der Waals surface area contributed by atoms with Crippen LogP contribution in [0.4, 0.5) is 4.79 Å². The maximum absolute atomic E-state index is 12.3. The van der Waals surface area contributed by atoms with Crippen LogP contribution in [0, 0.1) is 0 Å². The molecule has 0 N–H and O–H groups in total. The maximum Gasteiger partial charge on any atom is 0.326 e. The van der Waals surface area contributed by atoms with E-state index in [0.717, 1.165) is 15.6 Å². The molecule has 1 aliphatic heterocycles. The molecule has 1 atom stereocenters. The first-order valence-corrected chi connectivity index (χ1v) is 8.33. The lowest BCUT2D eigenvalue weighted by Crippen LogP contribution is -2.38. The van der Waals surface area contributed by atoms with Crippen molar-refractivity contribution in [3.63, 3.8) is 0 Å². The van der Waals surface area contributed by atoms with E-state index in [0.29, 0.717) is 12.5 Å². The fraction of sp³-hybridized carbons (Fsp3) is 0.600. The van der Waals surface area contributed by atoms with Crippen LogP contribution in [-0.4, -0.2) is 64.7 Å². The Morgan fingerprint density at radius 3 is 2.52 bits per heavy atom. The Hall–Kier alpha value is -1.96. The van der Waals surface area contributed by atoms with Crippen LogP contribution in [-0.2, 0) is 16.1 Å². The van der Waals surface area contributed by atoms with Crippen molar-refractivity contribution in [1.82, 2.24) is 19.7 Å². The minimum atomic E-state index is -0.718. The average molecular weight is 338 g/mol. The van der Waals surface area contributed by atoms with Gasteiger partial charge in [0.25, 0.3) is 5.91 Å². The predicted octanol–water partition coefficient (Wildman–Crippen LogP) is 1.51. The molecule has 0 aliphatic carbocycles. The minimum Gasteiger partial charge on any atom is -0.340 e. The fourth-order valence-electron chi connectivity index (χ4n) is 2.39. The molecule has 8 heteroatoms. The summed E-state index contributed by atoms with van der Waals surface area (Å²) in [6.45, 7) is 4.55.